The number of anilines is 1. The summed E-state index contributed by atoms with van der Waals surface area (Å²) < 4.78 is 0. The minimum Gasteiger partial charge on any atom is -0.324 e. The predicted molar refractivity (Wildman–Crippen MR) is 109 cm³/mol. The molecule has 1 amide bonds. The molecule has 0 bridgehead atoms. The molecule has 5 heteroatoms. The molecule has 1 unspecified atom stereocenters. The quantitative estimate of drug-likeness (QED) is 0.840. The van der Waals surface area contributed by atoms with Crippen LogP contribution in [0.3, 0.4) is 0 Å². The monoisotopic (exact) mass is 369 g/mol. The molecule has 0 aromatic heterocycles. The van der Waals surface area contributed by atoms with Gasteiger partial charge in [0.05, 0.1) is 11.7 Å². The summed E-state index contributed by atoms with van der Waals surface area (Å²) in [6, 6.07) is 18.1. The molecular weight excluding hydrogens is 342 g/mol. The molecule has 0 spiro atoms. The number of likely N-dealkylation sites (N-methyl/N-ethyl adjacent to an activating group) is 1. The molecule has 1 N–H and O–H groups in total. The summed E-state index contributed by atoms with van der Waals surface area (Å²) in [6.45, 7) is 9.24. The van der Waals surface area contributed by atoms with Crippen LogP contribution in [0.5, 0.6) is 0 Å². The van der Waals surface area contributed by atoms with Gasteiger partial charge in [-0.15, -0.1) is 0 Å². The number of hydrogen-bond acceptors (Lipinski definition) is 4. The van der Waals surface area contributed by atoms with Gasteiger partial charge in [0.2, 0.25) is 5.91 Å². The zero-order valence-corrected chi connectivity index (χ0v) is 16.3. The van der Waals surface area contributed by atoms with Gasteiger partial charge in [-0.25, -0.2) is 0 Å². The zero-order chi connectivity index (χ0) is 18.4. The fourth-order valence-electron chi connectivity index (χ4n) is 3.14. The summed E-state index contributed by atoms with van der Waals surface area (Å²) in [4.78, 5) is 19.7. The van der Waals surface area contributed by atoms with E-state index in [0.717, 1.165) is 48.2 Å². The third-order valence-electron chi connectivity index (χ3n) is 4.90. The van der Waals surface area contributed by atoms with Crippen LogP contribution in [0.25, 0.3) is 0 Å². The predicted octanol–water partition coefficient (Wildman–Crippen LogP) is 3.80. The van der Waals surface area contributed by atoms with Crippen LogP contribution >= 0.6 is 11.8 Å². The van der Waals surface area contributed by atoms with Crippen LogP contribution in [0.15, 0.2) is 64.4 Å². The van der Waals surface area contributed by atoms with Crippen molar-refractivity contribution in [2.45, 2.75) is 29.7 Å². The number of carbonyl (C=O) groups is 1. The number of para-hydroxylation sites is 1. The zero-order valence-electron chi connectivity index (χ0n) is 15.5. The third kappa shape index (κ3) is 4.87. The maximum atomic E-state index is 12.8. The maximum Gasteiger partial charge on any atom is 0.241 e. The minimum absolute atomic E-state index is 0.0658. The number of piperazine rings is 1. The molecule has 26 heavy (non-hydrogen) atoms. The van der Waals surface area contributed by atoms with Crippen molar-refractivity contribution < 1.29 is 4.79 Å². The van der Waals surface area contributed by atoms with Crippen molar-refractivity contribution in [3.8, 4) is 0 Å². The van der Waals surface area contributed by atoms with Gasteiger partial charge in [-0.05, 0) is 37.7 Å². The third-order valence-corrected chi connectivity index (χ3v) is 5.98. The van der Waals surface area contributed by atoms with Gasteiger partial charge in [0.25, 0.3) is 0 Å². The Balaban J connectivity index is 1.64. The second kappa shape index (κ2) is 9.21. The molecular formula is C21H27N3OS. The van der Waals surface area contributed by atoms with Gasteiger partial charge in [0.1, 0.15) is 0 Å². The maximum absolute atomic E-state index is 12.8. The summed E-state index contributed by atoms with van der Waals surface area (Å²) in [7, 11) is 0. The van der Waals surface area contributed by atoms with Crippen LogP contribution < -0.4 is 5.32 Å². The van der Waals surface area contributed by atoms with Crippen molar-refractivity contribution in [1.29, 1.82) is 0 Å². The molecule has 1 aliphatic rings. The molecule has 4 nitrogen and oxygen atoms in total. The molecule has 0 aliphatic carbocycles. The summed E-state index contributed by atoms with van der Waals surface area (Å²) in [5, 5.41) is 3.14. The first-order valence-electron chi connectivity index (χ1n) is 9.26. The van der Waals surface area contributed by atoms with Crippen LogP contribution in [-0.2, 0) is 4.79 Å². The van der Waals surface area contributed by atoms with Crippen LogP contribution in [0, 0.1) is 0 Å². The lowest BCUT2D eigenvalue weighted by molar-refractivity contribution is -0.121. The minimum atomic E-state index is -0.121. The van der Waals surface area contributed by atoms with E-state index in [1.54, 1.807) is 11.8 Å². The van der Waals surface area contributed by atoms with E-state index in [2.05, 4.69) is 40.2 Å². The molecule has 138 valence electrons. The second-order valence-corrected chi connectivity index (χ2v) is 7.66. The number of rotatable bonds is 6. The first kappa shape index (κ1) is 19.0. The van der Waals surface area contributed by atoms with Gasteiger partial charge in [-0.1, -0.05) is 49.0 Å². The number of hydrogen-bond donors (Lipinski definition) is 1. The van der Waals surface area contributed by atoms with Crippen LogP contribution in [0.4, 0.5) is 5.69 Å². The van der Waals surface area contributed by atoms with Gasteiger partial charge in [0.15, 0.2) is 0 Å². The van der Waals surface area contributed by atoms with Crippen molar-refractivity contribution in [3.63, 3.8) is 0 Å². The van der Waals surface area contributed by atoms with Gasteiger partial charge in [0, 0.05) is 36.0 Å². The molecule has 1 saturated heterocycles. The van der Waals surface area contributed by atoms with Crippen molar-refractivity contribution >= 4 is 23.4 Å². The number of amides is 1. The topological polar surface area (TPSA) is 35.6 Å². The largest absolute Gasteiger partial charge is 0.324 e. The Kier molecular flexibility index (Phi) is 6.72. The number of carbonyl (C=O) groups excluding carboxylic acids is 1. The van der Waals surface area contributed by atoms with Crippen LogP contribution in [0.2, 0.25) is 0 Å². The Morgan fingerprint density at radius 2 is 1.69 bits per heavy atom. The standard InChI is InChI=1S/C21H27N3OS/c1-3-23-13-15-24(16-14-23)17(2)21(25)22-19-11-7-8-12-20(19)26-18-9-5-4-6-10-18/h4-12,17H,3,13-16H2,1-2H3,(H,22,25). The first-order valence-corrected chi connectivity index (χ1v) is 10.1. The molecule has 1 fully saturated rings. The summed E-state index contributed by atoms with van der Waals surface area (Å²) in [5.41, 5.74) is 0.880. The molecule has 1 heterocycles. The summed E-state index contributed by atoms with van der Waals surface area (Å²) >= 11 is 1.67. The van der Waals surface area contributed by atoms with E-state index >= 15 is 0 Å². The smallest absolute Gasteiger partial charge is 0.241 e. The van der Waals surface area contributed by atoms with Gasteiger partial charge in [-0.3, -0.25) is 9.69 Å². The highest BCUT2D eigenvalue weighted by molar-refractivity contribution is 7.99. The first-order chi connectivity index (χ1) is 12.7. The fraction of sp³-hybridized carbons (Fsp3) is 0.381. The Labute approximate surface area is 160 Å². The van der Waals surface area contributed by atoms with Crippen molar-refractivity contribution in [2.24, 2.45) is 0 Å². The average molecular weight is 370 g/mol. The van der Waals surface area contributed by atoms with Crippen LogP contribution in [0.1, 0.15) is 13.8 Å². The van der Waals surface area contributed by atoms with E-state index in [1.807, 2.05) is 43.3 Å². The fourth-order valence-corrected chi connectivity index (χ4v) is 4.07. The van der Waals surface area contributed by atoms with E-state index in [-0.39, 0.29) is 11.9 Å². The lowest BCUT2D eigenvalue weighted by Gasteiger charge is -2.37. The van der Waals surface area contributed by atoms with Crippen molar-refractivity contribution in [2.75, 3.05) is 38.0 Å². The molecule has 2 aromatic carbocycles. The Bertz CT molecular complexity index is 714. The van der Waals surface area contributed by atoms with Gasteiger partial charge in [-0.2, -0.15) is 0 Å². The van der Waals surface area contributed by atoms with Gasteiger partial charge < -0.3 is 10.2 Å². The van der Waals surface area contributed by atoms with E-state index in [1.165, 1.54) is 0 Å². The van der Waals surface area contributed by atoms with E-state index in [4.69, 9.17) is 0 Å². The molecule has 2 aromatic rings. The average Bonchev–Trinajstić information content (AvgIpc) is 2.69. The molecule has 1 atom stereocenters. The van der Waals surface area contributed by atoms with E-state index in [0.29, 0.717) is 0 Å². The number of nitrogens with one attached hydrogen (secondary N) is 1. The highest BCUT2D eigenvalue weighted by Gasteiger charge is 2.25. The van der Waals surface area contributed by atoms with Crippen molar-refractivity contribution in [1.82, 2.24) is 9.80 Å². The Morgan fingerprint density at radius 3 is 2.38 bits per heavy atom. The second-order valence-electron chi connectivity index (χ2n) is 6.55. The van der Waals surface area contributed by atoms with Crippen molar-refractivity contribution in [3.05, 3.63) is 54.6 Å². The van der Waals surface area contributed by atoms with Crippen LogP contribution in [-0.4, -0.2) is 54.5 Å². The lowest BCUT2D eigenvalue weighted by atomic mass is 10.2. The molecule has 3 rings (SSSR count). The number of nitrogens with zero attached hydrogens (tertiary/aromatic N) is 2. The van der Waals surface area contributed by atoms with E-state index in [9.17, 15) is 4.79 Å². The highest BCUT2D eigenvalue weighted by Crippen LogP contribution is 2.33. The Morgan fingerprint density at radius 1 is 1.04 bits per heavy atom. The summed E-state index contributed by atoms with van der Waals surface area (Å²) in [6.07, 6.45) is 0. The normalized spacial score (nSPS) is 17.0. The highest BCUT2D eigenvalue weighted by atomic mass is 32.2. The molecule has 0 saturated carbocycles. The number of benzene rings is 2. The molecule has 0 radical (unpaired) electrons. The molecule has 1 aliphatic heterocycles. The lowest BCUT2D eigenvalue weighted by Crippen LogP contribution is -2.52. The SMILES string of the molecule is CCN1CCN(C(C)C(=O)Nc2ccccc2Sc2ccccc2)CC1. The van der Waals surface area contributed by atoms with Gasteiger partial charge >= 0.3 is 0 Å². The summed E-state index contributed by atoms with van der Waals surface area (Å²) in [5.74, 6) is 0.0658. The Hall–Kier alpha value is -1.82. The van der Waals surface area contributed by atoms with E-state index < -0.39 is 0 Å².